The molecule has 9 heteroatoms. The van der Waals surface area contributed by atoms with Crippen LogP contribution in [0.1, 0.15) is 52.4 Å². The number of hydrogen-bond acceptors (Lipinski definition) is 7. The molecule has 0 spiro atoms. The number of benzene rings is 2. The van der Waals surface area contributed by atoms with Crippen molar-refractivity contribution in [2.75, 3.05) is 30.6 Å². The number of anilines is 2. The number of thioether (sulfide) groups is 1. The van der Waals surface area contributed by atoms with Gasteiger partial charge in [-0.3, -0.25) is 9.11 Å². The van der Waals surface area contributed by atoms with Crippen LogP contribution in [0.5, 0.6) is 11.5 Å². The normalized spacial score (nSPS) is 17.2. The van der Waals surface area contributed by atoms with Crippen molar-refractivity contribution in [3.05, 3.63) is 48.7 Å². The van der Waals surface area contributed by atoms with Gasteiger partial charge in [0.1, 0.15) is 11.5 Å². The van der Waals surface area contributed by atoms with E-state index in [9.17, 15) is 13.9 Å². The van der Waals surface area contributed by atoms with Crippen LogP contribution in [0.25, 0.3) is 0 Å². The molecule has 204 valence electrons. The van der Waals surface area contributed by atoms with Crippen molar-refractivity contribution in [1.29, 1.82) is 0 Å². The first-order valence-electron chi connectivity index (χ1n) is 12.6. The lowest BCUT2D eigenvalue weighted by Gasteiger charge is -2.42. The van der Waals surface area contributed by atoms with Gasteiger partial charge in [0.15, 0.2) is 0 Å². The zero-order valence-electron chi connectivity index (χ0n) is 22.1. The monoisotopic (exact) mass is 549 g/mol. The average Bonchev–Trinajstić information content (AvgIpc) is 2.97. The lowest BCUT2D eigenvalue weighted by Crippen LogP contribution is -2.37. The van der Waals surface area contributed by atoms with E-state index in [2.05, 4.69) is 18.7 Å². The molecule has 7 nitrogen and oxygen atoms in total. The molecule has 0 radical (unpaired) electrons. The lowest BCUT2D eigenvalue weighted by atomic mass is 9.79. The van der Waals surface area contributed by atoms with Gasteiger partial charge in [0.25, 0.3) is 0 Å². The Morgan fingerprint density at radius 3 is 2.32 bits per heavy atom. The maximum atomic E-state index is 11.7. The molecule has 3 rings (SSSR count). The molecule has 0 bridgehead atoms. The van der Waals surface area contributed by atoms with E-state index in [1.165, 1.54) is 11.8 Å². The Hall–Kier alpha value is -2.33. The van der Waals surface area contributed by atoms with Crippen LogP contribution in [0.3, 0.4) is 0 Å². The van der Waals surface area contributed by atoms with Crippen molar-refractivity contribution < 1.29 is 28.5 Å². The van der Waals surface area contributed by atoms with Gasteiger partial charge in [-0.25, -0.2) is 4.79 Å². The first-order chi connectivity index (χ1) is 17.7. The molecule has 37 heavy (non-hydrogen) atoms. The molecule has 0 amide bonds. The first kappa shape index (κ1) is 29.2. The van der Waals surface area contributed by atoms with E-state index in [1.807, 2.05) is 36.6 Å². The molecular weight excluding hydrogens is 510 g/mol. The van der Waals surface area contributed by atoms with Gasteiger partial charge in [-0.1, -0.05) is 39.5 Å². The molecule has 2 aromatic carbocycles. The minimum atomic E-state index is -3.19. The van der Waals surface area contributed by atoms with Crippen molar-refractivity contribution in [2.24, 2.45) is 5.41 Å². The van der Waals surface area contributed by atoms with Gasteiger partial charge in [0, 0.05) is 29.5 Å². The molecule has 2 aromatic rings. The van der Waals surface area contributed by atoms with Gasteiger partial charge in [0.05, 0.1) is 34.9 Å². The summed E-state index contributed by atoms with van der Waals surface area (Å²) in [5.41, 5.74) is 1.40. The summed E-state index contributed by atoms with van der Waals surface area (Å²) in [6, 6.07) is 11.4. The molecule has 0 aliphatic carbocycles. The topological polar surface area (TPSA) is 99.5 Å². The highest BCUT2D eigenvalue weighted by molar-refractivity contribution is 8.24. The molecule has 1 aliphatic rings. The zero-order chi connectivity index (χ0) is 27.1. The SMILES string of the molecule is CCCCC1(CCCC)CN(c2ccc(OC)cc2)c2cc(SC)c(O/C=C\C(=O)O)cc2S(O)(O)C1. The zero-order valence-corrected chi connectivity index (χ0v) is 23.7. The minimum Gasteiger partial charge on any atom is -0.497 e. The first-order valence-corrected chi connectivity index (χ1v) is 15.6. The summed E-state index contributed by atoms with van der Waals surface area (Å²) in [5.74, 6) is 0.313. The van der Waals surface area contributed by atoms with Crippen molar-refractivity contribution in [1.82, 2.24) is 0 Å². The summed E-state index contributed by atoms with van der Waals surface area (Å²) in [4.78, 5) is 14.4. The summed E-state index contributed by atoms with van der Waals surface area (Å²) >= 11 is 1.46. The van der Waals surface area contributed by atoms with Crippen LogP contribution >= 0.6 is 22.4 Å². The summed E-state index contributed by atoms with van der Waals surface area (Å²) in [6.07, 6.45) is 9.83. The van der Waals surface area contributed by atoms with E-state index < -0.39 is 16.6 Å². The fourth-order valence-corrected chi connectivity index (χ4v) is 7.64. The van der Waals surface area contributed by atoms with Crippen molar-refractivity contribution in [3.8, 4) is 11.5 Å². The van der Waals surface area contributed by atoms with Crippen LogP contribution in [0, 0.1) is 5.41 Å². The number of ether oxygens (including phenoxy) is 2. The summed E-state index contributed by atoms with van der Waals surface area (Å²) < 4.78 is 34.5. The van der Waals surface area contributed by atoms with Gasteiger partial charge < -0.3 is 19.5 Å². The van der Waals surface area contributed by atoms with Crippen LogP contribution in [0.15, 0.2) is 58.5 Å². The van der Waals surface area contributed by atoms with Crippen LogP contribution < -0.4 is 14.4 Å². The molecule has 1 aliphatic heterocycles. The van der Waals surface area contributed by atoms with Gasteiger partial charge in [-0.15, -0.1) is 11.8 Å². The van der Waals surface area contributed by atoms with Gasteiger partial charge in [-0.2, -0.15) is 10.6 Å². The number of unbranched alkanes of at least 4 members (excludes halogenated alkanes) is 2. The molecule has 0 fully saturated rings. The molecule has 0 aromatic heterocycles. The quantitative estimate of drug-likeness (QED) is 0.139. The standard InChI is InChI=1S/C28H39NO6S2/c1-5-7-14-28(15-8-6-2)19-29(21-9-11-22(34-3)12-10-21)23-17-25(36-4)24(35-16-13-27(30)31)18-26(23)37(32,33)20-28/h9-13,16-18,32-33H,5-8,14-15,19-20H2,1-4H3,(H,30,31)/b16-13-. The third kappa shape index (κ3) is 7.16. The Balaban J connectivity index is 2.22. The van der Waals surface area contributed by atoms with E-state index in [0.717, 1.165) is 72.9 Å². The highest BCUT2D eigenvalue weighted by Gasteiger charge is 2.42. The average molecular weight is 550 g/mol. The number of hydrogen-bond donors (Lipinski definition) is 3. The van der Waals surface area contributed by atoms with E-state index in [-0.39, 0.29) is 11.2 Å². The Morgan fingerprint density at radius 1 is 1.14 bits per heavy atom. The molecule has 3 N–H and O–H groups in total. The number of carbonyl (C=O) groups is 1. The third-order valence-corrected chi connectivity index (χ3v) is 9.61. The number of nitrogens with zero attached hydrogens (tertiary/aromatic N) is 1. The fourth-order valence-electron chi connectivity index (χ4n) is 4.91. The number of fused-ring (bicyclic) bond motifs is 1. The smallest absolute Gasteiger partial charge is 0.331 e. The van der Waals surface area contributed by atoms with Crippen LogP contribution in [-0.4, -0.2) is 45.8 Å². The van der Waals surface area contributed by atoms with Crippen molar-refractivity contribution in [2.45, 2.75) is 62.2 Å². The van der Waals surface area contributed by atoms with E-state index >= 15 is 0 Å². The second-order valence-electron chi connectivity index (χ2n) is 9.53. The molecule has 0 atom stereocenters. The molecule has 0 unspecified atom stereocenters. The van der Waals surface area contributed by atoms with E-state index in [0.29, 0.717) is 17.2 Å². The van der Waals surface area contributed by atoms with Gasteiger partial charge >= 0.3 is 5.97 Å². The Morgan fingerprint density at radius 2 is 1.78 bits per heavy atom. The highest BCUT2D eigenvalue weighted by atomic mass is 32.3. The molecule has 0 saturated heterocycles. The summed E-state index contributed by atoms with van der Waals surface area (Å²) in [6.45, 7) is 4.99. The maximum absolute atomic E-state index is 11.7. The Kier molecular flexibility index (Phi) is 10.2. The molecule has 1 heterocycles. The molecule has 0 saturated carbocycles. The van der Waals surface area contributed by atoms with E-state index in [1.54, 1.807) is 13.2 Å². The number of rotatable bonds is 12. The number of methoxy groups -OCH3 is 1. The summed E-state index contributed by atoms with van der Waals surface area (Å²) in [7, 11) is -1.55. The predicted octanol–water partition coefficient (Wildman–Crippen LogP) is 8.02. The van der Waals surface area contributed by atoms with Gasteiger partial charge in [-0.05, 0) is 49.4 Å². The summed E-state index contributed by atoms with van der Waals surface area (Å²) in [5, 5.41) is 8.96. The highest BCUT2D eigenvalue weighted by Crippen LogP contribution is 2.62. The second kappa shape index (κ2) is 13.0. The van der Waals surface area contributed by atoms with Gasteiger partial charge in [0.2, 0.25) is 0 Å². The maximum Gasteiger partial charge on any atom is 0.331 e. The van der Waals surface area contributed by atoms with Crippen molar-refractivity contribution in [3.63, 3.8) is 0 Å². The van der Waals surface area contributed by atoms with Crippen molar-refractivity contribution >= 4 is 39.7 Å². The fraction of sp³-hybridized carbons (Fsp3) is 0.464. The number of aliphatic carboxylic acids is 1. The van der Waals surface area contributed by atoms with E-state index in [4.69, 9.17) is 14.6 Å². The number of carboxylic acid groups (broad SMARTS) is 1. The lowest BCUT2D eigenvalue weighted by molar-refractivity contribution is -0.131. The molecular formula is C28H39NO6S2. The Labute approximate surface area is 226 Å². The Bertz CT molecular complexity index is 1080. The number of carboxylic acids is 1. The predicted molar refractivity (Wildman–Crippen MR) is 153 cm³/mol. The second-order valence-corrected chi connectivity index (χ2v) is 12.4. The minimum absolute atomic E-state index is 0.280. The van der Waals surface area contributed by atoms with Crippen LogP contribution in [0.2, 0.25) is 0 Å². The van der Waals surface area contributed by atoms with Crippen LogP contribution in [0.4, 0.5) is 11.4 Å². The third-order valence-electron chi connectivity index (χ3n) is 6.80. The van der Waals surface area contributed by atoms with Crippen LogP contribution in [-0.2, 0) is 4.79 Å². The largest absolute Gasteiger partial charge is 0.497 e.